The van der Waals surface area contributed by atoms with Crippen LogP contribution in [-0.2, 0) is 9.47 Å². The molecule has 0 aromatic carbocycles. The molecule has 5 nitrogen and oxygen atoms in total. The van der Waals surface area contributed by atoms with E-state index in [1.54, 1.807) is 0 Å². The number of rotatable bonds is 3. The van der Waals surface area contributed by atoms with Gasteiger partial charge in [-0.3, -0.25) is 0 Å². The van der Waals surface area contributed by atoms with E-state index in [-0.39, 0.29) is 11.8 Å². The summed E-state index contributed by atoms with van der Waals surface area (Å²) < 4.78 is 11.3. The maximum atomic E-state index is 10.7. The van der Waals surface area contributed by atoms with E-state index in [1.807, 2.05) is 6.92 Å². The van der Waals surface area contributed by atoms with Gasteiger partial charge in [-0.05, 0) is 25.2 Å². The molecule has 17 heavy (non-hydrogen) atoms. The average molecular weight is 243 g/mol. The van der Waals surface area contributed by atoms with Crippen LogP contribution >= 0.6 is 0 Å². The minimum atomic E-state index is -0.925. The van der Waals surface area contributed by atoms with Crippen LogP contribution in [0.3, 0.4) is 0 Å². The van der Waals surface area contributed by atoms with Gasteiger partial charge >= 0.3 is 6.09 Å². The van der Waals surface area contributed by atoms with Crippen LogP contribution < -0.4 is 5.32 Å². The lowest BCUT2D eigenvalue weighted by Gasteiger charge is -2.38. The van der Waals surface area contributed by atoms with Crippen molar-refractivity contribution < 1.29 is 19.4 Å². The maximum Gasteiger partial charge on any atom is 0.404 e. The van der Waals surface area contributed by atoms with Crippen molar-refractivity contribution in [2.24, 2.45) is 5.92 Å². The maximum absolute atomic E-state index is 10.7. The smallest absolute Gasteiger partial charge is 0.404 e. The van der Waals surface area contributed by atoms with E-state index in [9.17, 15) is 4.79 Å². The van der Waals surface area contributed by atoms with Gasteiger partial charge in [-0.25, -0.2) is 4.79 Å². The second kappa shape index (κ2) is 5.23. The summed E-state index contributed by atoms with van der Waals surface area (Å²) in [6.07, 6.45) is 3.62. The Morgan fingerprint density at radius 2 is 2.00 bits per heavy atom. The van der Waals surface area contributed by atoms with Crippen LogP contribution in [0.2, 0.25) is 0 Å². The highest BCUT2D eigenvalue weighted by atomic mass is 16.7. The molecule has 1 unspecified atom stereocenters. The second-order valence-electron chi connectivity index (χ2n) is 4.91. The fourth-order valence-electron chi connectivity index (χ4n) is 2.98. The minimum Gasteiger partial charge on any atom is -0.465 e. The Bertz CT molecular complexity index is 266. The molecule has 1 spiro atoms. The van der Waals surface area contributed by atoms with Crippen molar-refractivity contribution in [3.63, 3.8) is 0 Å². The lowest BCUT2D eigenvalue weighted by molar-refractivity contribution is -0.183. The predicted molar refractivity (Wildman–Crippen MR) is 61.8 cm³/mol. The van der Waals surface area contributed by atoms with Crippen molar-refractivity contribution in [3.05, 3.63) is 0 Å². The van der Waals surface area contributed by atoms with Crippen LogP contribution in [0.1, 0.15) is 39.0 Å². The number of hydrogen-bond donors (Lipinski definition) is 2. The largest absolute Gasteiger partial charge is 0.465 e. The molecule has 1 saturated heterocycles. The van der Waals surface area contributed by atoms with Crippen LogP contribution in [0.15, 0.2) is 0 Å². The van der Waals surface area contributed by atoms with E-state index in [0.29, 0.717) is 19.1 Å². The summed E-state index contributed by atoms with van der Waals surface area (Å²) in [6, 6.07) is 0.0613. The molecule has 1 saturated carbocycles. The molecule has 1 heterocycles. The lowest BCUT2D eigenvalue weighted by atomic mass is 9.80. The van der Waals surface area contributed by atoms with Crippen molar-refractivity contribution in [2.75, 3.05) is 13.2 Å². The summed E-state index contributed by atoms with van der Waals surface area (Å²) in [7, 11) is 0. The highest BCUT2D eigenvalue weighted by Crippen LogP contribution is 2.39. The first-order chi connectivity index (χ1) is 8.15. The van der Waals surface area contributed by atoms with Crippen molar-refractivity contribution in [3.8, 4) is 0 Å². The summed E-state index contributed by atoms with van der Waals surface area (Å²) >= 11 is 0. The number of carboxylic acid groups (broad SMARTS) is 1. The molecule has 2 rings (SSSR count). The molecule has 0 radical (unpaired) electrons. The third-order valence-corrected chi connectivity index (χ3v) is 3.92. The fraction of sp³-hybridized carbons (Fsp3) is 0.917. The molecule has 2 aliphatic rings. The van der Waals surface area contributed by atoms with Gasteiger partial charge in [0, 0.05) is 18.9 Å². The quantitative estimate of drug-likeness (QED) is 0.795. The van der Waals surface area contributed by atoms with Crippen molar-refractivity contribution in [2.45, 2.75) is 50.9 Å². The van der Waals surface area contributed by atoms with E-state index >= 15 is 0 Å². The number of hydrogen-bond acceptors (Lipinski definition) is 3. The van der Waals surface area contributed by atoms with E-state index in [2.05, 4.69) is 5.32 Å². The SMILES string of the molecule is CCC(NC(=O)O)C1CCC2(CC1)OCCO2. The van der Waals surface area contributed by atoms with E-state index in [1.165, 1.54) is 0 Å². The van der Waals surface area contributed by atoms with Crippen LogP contribution in [0.4, 0.5) is 4.79 Å². The normalized spacial score (nSPS) is 25.9. The lowest BCUT2D eigenvalue weighted by Crippen LogP contribution is -2.44. The molecule has 0 aromatic heterocycles. The molecule has 5 heteroatoms. The van der Waals surface area contributed by atoms with Gasteiger partial charge in [0.1, 0.15) is 0 Å². The van der Waals surface area contributed by atoms with Gasteiger partial charge in [-0.1, -0.05) is 6.92 Å². The molecule has 1 atom stereocenters. The zero-order valence-electron chi connectivity index (χ0n) is 10.3. The minimum absolute atomic E-state index is 0.0613. The predicted octanol–water partition coefficient (Wildman–Crippen LogP) is 1.97. The third-order valence-electron chi connectivity index (χ3n) is 3.92. The molecule has 2 N–H and O–H groups in total. The van der Waals surface area contributed by atoms with Crippen LogP contribution in [0.5, 0.6) is 0 Å². The highest BCUT2D eigenvalue weighted by molar-refractivity contribution is 5.64. The first-order valence-corrected chi connectivity index (χ1v) is 6.42. The zero-order valence-corrected chi connectivity index (χ0v) is 10.3. The molecular weight excluding hydrogens is 222 g/mol. The van der Waals surface area contributed by atoms with Crippen molar-refractivity contribution >= 4 is 6.09 Å². The van der Waals surface area contributed by atoms with E-state index < -0.39 is 6.09 Å². The Morgan fingerprint density at radius 3 is 2.47 bits per heavy atom. The van der Waals surface area contributed by atoms with Gasteiger partial charge in [0.15, 0.2) is 5.79 Å². The molecule has 98 valence electrons. The van der Waals surface area contributed by atoms with Gasteiger partial charge in [0.25, 0.3) is 0 Å². The molecule has 0 bridgehead atoms. The first-order valence-electron chi connectivity index (χ1n) is 6.42. The third kappa shape index (κ3) is 2.90. The van der Waals surface area contributed by atoms with Crippen LogP contribution in [0, 0.1) is 5.92 Å². The van der Waals surface area contributed by atoms with Gasteiger partial charge < -0.3 is 19.9 Å². The Labute approximate surface area is 101 Å². The van der Waals surface area contributed by atoms with Gasteiger partial charge in [0.2, 0.25) is 0 Å². The summed E-state index contributed by atoms with van der Waals surface area (Å²) in [6.45, 7) is 3.40. The first kappa shape index (κ1) is 12.6. The highest BCUT2D eigenvalue weighted by Gasteiger charge is 2.41. The number of nitrogens with one attached hydrogen (secondary N) is 1. The number of carbonyl (C=O) groups is 1. The summed E-state index contributed by atoms with van der Waals surface area (Å²) in [5, 5.41) is 11.4. The van der Waals surface area contributed by atoms with Crippen molar-refractivity contribution in [1.82, 2.24) is 5.32 Å². The number of amides is 1. The van der Waals surface area contributed by atoms with Crippen LogP contribution in [0.25, 0.3) is 0 Å². The van der Waals surface area contributed by atoms with Gasteiger partial charge in [-0.2, -0.15) is 0 Å². The molecule has 0 aromatic rings. The Hall–Kier alpha value is -0.810. The monoisotopic (exact) mass is 243 g/mol. The summed E-state index contributed by atoms with van der Waals surface area (Å²) in [4.78, 5) is 10.7. The zero-order chi connectivity index (χ0) is 12.3. The molecule has 1 aliphatic heterocycles. The molecule has 1 amide bonds. The summed E-state index contributed by atoms with van der Waals surface area (Å²) in [5.41, 5.74) is 0. The molecule has 2 fully saturated rings. The number of ether oxygens (including phenoxy) is 2. The van der Waals surface area contributed by atoms with Gasteiger partial charge in [0.05, 0.1) is 13.2 Å². The van der Waals surface area contributed by atoms with Crippen LogP contribution in [-0.4, -0.2) is 36.2 Å². The standard InChI is InChI=1S/C12H21NO4/c1-2-10(13-11(14)15)9-3-5-12(6-4-9)16-7-8-17-12/h9-10,13H,2-8H2,1H3,(H,14,15). The Balaban J connectivity index is 1.86. The summed E-state index contributed by atoms with van der Waals surface area (Å²) in [5.74, 6) is 0.0624. The van der Waals surface area contributed by atoms with E-state index in [0.717, 1.165) is 32.1 Å². The topological polar surface area (TPSA) is 67.8 Å². The Kier molecular flexibility index (Phi) is 3.89. The second-order valence-corrected chi connectivity index (χ2v) is 4.91. The van der Waals surface area contributed by atoms with Gasteiger partial charge in [-0.15, -0.1) is 0 Å². The van der Waals surface area contributed by atoms with E-state index in [4.69, 9.17) is 14.6 Å². The average Bonchev–Trinajstić information content (AvgIpc) is 2.76. The fourth-order valence-corrected chi connectivity index (χ4v) is 2.98. The van der Waals surface area contributed by atoms with Crippen molar-refractivity contribution in [1.29, 1.82) is 0 Å². The Morgan fingerprint density at radius 1 is 1.41 bits per heavy atom. The molecule has 1 aliphatic carbocycles. The molecular formula is C12H21NO4.